The van der Waals surface area contributed by atoms with E-state index in [9.17, 15) is 18.5 Å². The van der Waals surface area contributed by atoms with Gasteiger partial charge in [-0.15, -0.1) is 0 Å². The minimum Gasteiger partial charge on any atom is -0.286 e. The monoisotopic (exact) mass is 245 g/mol. The summed E-state index contributed by atoms with van der Waals surface area (Å²) in [6.07, 6.45) is 0. The van der Waals surface area contributed by atoms with Crippen molar-refractivity contribution in [2.24, 2.45) is 0 Å². The third-order valence-corrected chi connectivity index (χ3v) is 3.05. The van der Waals surface area contributed by atoms with Gasteiger partial charge in [-0.05, 0) is 11.5 Å². The van der Waals surface area contributed by atoms with Gasteiger partial charge in [0.2, 0.25) is 0 Å². The van der Waals surface area contributed by atoms with Crippen LogP contribution in [0.3, 0.4) is 0 Å². The average Bonchev–Trinajstić information content (AvgIpc) is 2.15. The Morgan fingerprint density at radius 3 is 2.25 bits per heavy atom. The molecule has 16 heavy (non-hydrogen) atoms. The van der Waals surface area contributed by atoms with Crippen molar-refractivity contribution in [3.05, 3.63) is 39.9 Å². The zero-order valence-electron chi connectivity index (χ0n) is 8.53. The minimum absolute atomic E-state index is 0.0530. The van der Waals surface area contributed by atoms with Crippen LogP contribution < -0.4 is 0 Å². The van der Waals surface area contributed by atoms with E-state index >= 15 is 0 Å². The maximum atomic E-state index is 10.6. The van der Waals surface area contributed by atoms with Crippen LogP contribution in [0.5, 0.6) is 0 Å². The van der Waals surface area contributed by atoms with E-state index < -0.39 is 26.7 Å². The average molecular weight is 245 g/mol. The fraction of sp³-hybridized carbons (Fsp3) is 0.333. The van der Waals surface area contributed by atoms with Crippen LogP contribution in [0.1, 0.15) is 18.4 Å². The van der Waals surface area contributed by atoms with E-state index in [-0.39, 0.29) is 5.69 Å². The van der Waals surface area contributed by atoms with E-state index in [0.717, 1.165) is 0 Å². The molecule has 0 spiro atoms. The molecule has 88 valence electrons. The molecule has 0 saturated heterocycles. The summed E-state index contributed by atoms with van der Waals surface area (Å²) in [6.45, 7) is 1.62. The summed E-state index contributed by atoms with van der Waals surface area (Å²) < 4.78 is 29.9. The fourth-order valence-corrected chi connectivity index (χ4v) is 2.16. The highest BCUT2D eigenvalue weighted by atomic mass is 32.2. The van der Waals surface area contributed by atoms with Crippen LogP contribution in [-0.4, -0.2) is 23.6 Å². The Bertz CT molecular complexity index is 479. The summed E-state index contributed by atoms with van der Waals surface area (Å²) in [5, 5.41) is 10.4. The Labute approximate surface area is 92.8 Å². The first-order valence-electron chi connectivity index (χ1n) is 4.49. The molecule has 1 aromatic carbocycles. The Morgan fingerprint density at radius 2 is 1.88 bits per heavy atom. The van der Waals surface area contributed by atoms with Crippen molar-refractivity contribution in [3.8, 4) is 0 Å². The molecule has 0 fully saturated rings. The van der Waals surface area contributed by atoms with E-state index in [2.05, 4.69) is 0 Å². The van der Waals surface area contributed by atoms with Crippen molar-refractivity contribution >= 4 is 15.8 Å². The molecule has 1 rings (SSSR count). The molecule has 0 radical (unpaired) electrons. The lowest BCUT2D eigenvalue weighted by Gasteiger charge is -2.08. The van der Waals surface area contributed by atoms with Crippen LogP contribution in [0.25, 0.3) is 0 Å². The second-order valence-corrected chi connectivity index (χ2v) is 5.00. The van der Waals surface area contributed by atoms with E-state index in [1.165, 1.54) is 24.3 Å². The zero-order valence-corrected chi connectivity index (χ0v) is 9.35. The molecule has 0 aromatic heterocycles. The molecule has 0 aliphatic carbocycles. The largest absolute Gasteiger partial charge is 0.286 e. The second-order valence-electron chi connectivity index (χ2n) is 3.50. The number of benzene rings is 1. The smallest absolute Gasteiger partial charge is 0.269 e. The number of rotatable bonds is 4. The Morgan fingerprint density at radius 1 is 1.38 bits per heavy atom. The highest BCUT2D eigenvalue weighted by Gasteiger charge is 2.15. The van der Waals surface area contributed by atoms with Gasteiger partial charge in [0, 0.05) is 12.1 Å². The first kappa shape index (κ1) is 12.6. The molecular formula is C9H11NO5S. The lowest BCUT2D eigenvalue weighted by Crippen LogP contribution is -2.11. The predicted octanol–water partition coefficient (Wildman–Crippen LogP) is 1.59. The standard InChI is InChI=1S/C9H11NO5S/c1-7(6-16(13,14)15)8-2-4-9(5-3-8)10(11)12/h2-5,7H,6H2,1H3,(H,13,14,15). The molecule has 0 amide bonds. The van der Waals surface area contributed by atoms with Crippen molar-refractivity contribution in [3.63, 3.8) is 0 Å². The molecule has 1 aromatic rings. The maximum absolute atomic E-state index is 10.6. The molecule has 1 atom stereocenters. The summed E-state index contributed by atoms with van der Waals surface area (Å²) in [6, 6.07) is 5.56. The van der Waals surface area contributed by atoms with Gasteiger partial charge >= 0.3 is 0 Å². The quantitative estimate of drug-likeness (QED) is 0.493. The molecule has 6 nitrogen and oxygen atoms in total. The molecule has 0 aliphatic rings. The van der Waals surface area contributed by atoms with Gasteiger partial charge in [0.15, 0.2) is 0 Å². The number of hydrogen-bond donors (Lipinski definition) is 1. The highest BCUT2D eigenvalue weighted by molar-refractivity contribution is 7.85. The van der Waals surface area contributed by atoms with Gasteiger partial charge in [-0.25, -0.2) is 0 Å². The van der Waals surface area contributed by atoms with E-state index in [0.29, 0.717) is 5.56 Å². The van der Waals surface area contributed by atoms with E-state index in [4.69, 9.17) is 4.55 Å². The number of non-ortho nitro benzene ring substituents is 1. The van der Waals surface area contributed by atoms with Crippen molar-refractivity contribution in [1.29, 1.82) is 0 Å². The molecule has 0 heterocycles. The Kier molecular flexibility index (Phi) is 3.61. The van der Waals surface area contributed by atoms with Crippen molar-refractivity contribution < 1.29 is 17.9 Å². The Hall–Kier alpha value is -1.47. The van der Waals surface area contributed by atoms with Crippen LogP contribution in [0.2, 0.25) is 0 Å². The van der Waals surface area contributed by atoms with Crippen LogP contribution in [0.4, 0.5) is 5.69 Å². The molecule has 1 unspecified atom stereocenters. The molecule has 0 bridgehead atoms. The number of nitro benzene ring substituents is 1. The summed E-state index contributed by atoms with van der Waals surface area (Å²) in [4.78, 5) is 9.85. The first-order chi connectivity index (χ1) is 7.29. The number of nitrogens with zero attached hydrogens (tertiary/aromatic N) is 1. The van der Waals surface area contributed by atoms with Gasteiger partial charge in [-0.1, -0.05) is 19.1 Å². The summed E-state index contributed by atoms with van der Waals surface area (Å²) >= 11 is 0. The summed E-state index contributed by atoms with van der Waals surface area (Å²) in [7, 11) is -4.03. The van der Waals surface area contributed by atoms with Crippen molar-refractivity contribution in [2.45, 2.75) is 12.8 Å². The summed E-state index contributed by atoms with van der Waals surface area (Å²) in [5.41, 5.74) is 0.575. The van der Waals surface area contributed by atoms with Crippen LogP contribution in [0.15, 0.2) is 24.3 Å². The molecular weight excluding hydrogens is 234 g/mol. The SMILES string of the molecule is CC(CS(=O)(=O)O)c1ccc([N+](=O)[O-])cc1. The van der Waals surface area contributed by atoms with Gasteiger partial charge in [-0.3, -0.25) is 14.7 Å². The number of nitro groups is 1. The van der Waals surface area contributed by atoms with Gasteiger partial charge < -0.3 is 0 Å². The lowest BCUT2D eigenvalue weighted by molar-refractivity contribution is -0.384. The molecule has 1 N–H and O–H groups in total. The molecule has 0 saturated carbocycles. The highest BCUT2D eigenvalue weighted by Crippen LogP contribution is 2.20. The molecule has 0 aliphatic heterocycles. The van der Waals surface area contributed by atoms with Crippen LogP contribution in [-0.2, 0) is 10.1 Å². The maximum Gasteiger partial charge on any atom is 0.269 e. The van der Waals surface area contributed by atoms with Gasteiger partial charge in [0.1, 0.15) is 0 Å². The first-order valence-corrected chi connectivity index (χ1v) is 6.10. The Balaban J connectivity index is 2.86. The van der Waals surface area contributed by atoms with Gasteiger partial charge in [-0.2, -0.15) is 8.42 Å². The third kappa shape index (κ3) is 3.59. The normalized spacial score (nSPS) is 13.4. The topological polar surface area (TPSA) is 97.5 Å². The predicted molar refractivity (Wildman–Crippen MR) is 57.9 cm³/mol. The van der Waals surface area contributed by atoms with Crippen molar-refractivity contribution in [1.82, 2.24) is 0 Å². The second kappa shape index (κ2) is 4.58. The third-order valence-electron chi connectivity index (χ3n) is 2.13. The lowest BCUT2D eigenvalue weighted by atomic mass is 10.0. The summed E-state index contributed by atoms with van der Waals surface area (Å²) in [5.74, 6) is -0.805. The minimum atomic E-state index is -4.03. The van der Waals surface area contributed by atoms with Gasteiger partial charge in [0.05, 0.1) is 10.7 Å². The van der Waals surface area contributed by atoms with Gasteiger partial charge in [0.25, 0.3) is 15.8 Å². The van der Waals surface area contributed by atoms with Crippen LogP contribution in [0, 0.1) is 10.1 Å². The van der Waals surface area contributed by atoms with Crippen LogP contribution >= 0.6 is 0 Å². The van der Waals surface area contributed by atoms with E-state index in [1.54, 1.807) is 6.92 Å². The van der Waals surface area contributed by atoms with Crippen molar-refractivity contribution in [2.75, 3.05) is 5.75 Å². The molecule has 7 heteroatoms. The van der Waals surface area contributed by atoms with E-state index in [1.807, 2.05) is 0 Å². The fourth-order valence-electron chi connectivity index (χ4n) is 1.34. The number of hydrogen-bond acceptors (Lipinski definition) is 4. The zero-order chi connectivity index (χ0) is 12.3.